The first-order valence-corrected chi connectivity index (χ1v) is 5.34. The molecule has 0 aromatic heterocycles. The summed E-state index contributed by atoms with van der Waals surface area (Å²) in [6.07, 6.45) is 1.42. The lowest BCUT2D eigenvalue weighted by molar-refractivity contribution is -0.112. The Hall–Kier alpha value is -0.670. The SMILES string of the molecule is CCC(O)(CC=O)c1cccc(Br)c1. The molecule has 0 bridgehead atoms. The lowest BCUT2D eigenvalue weighted by Crippen LogP contribution is -2.25. The molecule has 1 N–H and O–H groups in total. The highest BCUT2D eigenvalue weighted by atomic mass is 79.9. The van der Waals surface area contributed by atoms with E-state index in [4.69, 9.17) is 0 Å². The summed E-state index contributed by atoms with van der Waals surface area (Å²) in [6, 6.07) is 7.41. The van der Waals surface area contributed by atoms with Crippen LogP contribution < -0.4 is 0 Å². The van der Waals surface area contributed by atoms with Crippen LogP contribution in [-0.4, -0.2) is 11.4 Å². The molecule has 3 heteroatoms. The van der Waals surface area contributed by atoms with E-state index in [9.17, 15) is 9.90 Å². The Morgan fingerprint density at radius 3 is 2.79 bits per heavy atom. The second-order valence-electron chi connectivity index (χ2n) is 3.27. The van der Waals surface area contributed by atoms with Gasteiger partial charge in [-0.25, -0.2) is 0 Å². The topological polar surface area (TPSA) is 37.3 Å². The Morgan fingerprint density at radius 1 is 1.57 bits per heavy atom. The minimum atomic E-state index is -1.02. The molecule has 0 fully saturated rings. The molecule has 14 heavy (non-hydrogen) atoms. The van der Waals surface area contributed by atoms with Crippen molar-refractivity contribution in [2.45, 2.75) is 25.4 Å². The lowest BCUT2D eigenvalue weighted by atomic mass is 9.89. The number of benzene rings is 1. The predicted molar refractivity (Wildman–Crippen MR) is 59.0 cm³/mol. The molecule has 0 aliphatic rings. The molecule has 1 aromatic rings. The van der Waals surface area contributed by atoms with Crippen LogP contribution in [0.15, 0.2) is 28.7 Å². The summed E-state index contributed by atoms with van der Waals surface area (Å²) in [5, 5.41) is 10.2. The molecule has 2 nitrogen and oxygen atoms in total. The number of carbonyl (C=O) groups is 1. The van der Waals surface area contributed by atoms with Gasteiger partial charge in [0.2, 0.25) is 0 Å². The van der Waals surface area contributed by atoms with Gasteiger partial charge in [-0.2, -0.15) is 0 Å². The molecule has 0 aliphatic carbocycles. The zero-order valence-electron chi connectivity index (χ0n) is 8.03. The van der Waals surface area contributed by atoms with E-state index >= 15 is 0 Å². The van der Waals surface area contributed by atoms with Crippen molar-refractivity contribution in [2.24, 2.45) is 0 Å². The average Bonchev–Trinajstić information content (AvgIpc) is 2.18. The molecular formula is C11H13BrO2. The molecule has 0 saturated heterocycles. The zero-order valence-corrected chi connectivity index (χ0v) is 9.62. The van der Waals surface area contributed by atoms with Gasteiger partial charge in [-0.05, 0) is 24.1 Å². The molecule has 1 rings (SSSR count). The Labute approximate surface area is 92.1 Å². The first-order valence-electron chi connectivity index (χ1n) is 4.54. The van der Waals surface area contributed by atoms with Crippen molar-refractivity contribution >= 4 is 22.2 Å². The minimum absolute atomic E-state index is 0.139. The summed E-state index contributed by atoms with van der Waals surface area (Å²) in [7, 11) is 0. The first-order chi connectivity index (χ1) is 6.62. The third kappa shape index (κ3) is 2.42. The molecule has 1 aromatic carbocycles. The summed E-state index contributed by atoms with van der Waals surface area (Å²) in [5.74, 6) is 0. The Morgan fingerprint density at radius 2 is 2.29 bits per heavy atom. The lowest BCUT2D eigenvalue weighted by Gasteiger charge is -2.25. The van der Waals surface area contributed by atoms with Crippen LogP contribution in [0, 0.1) is 0 Å². The summed E-state index contributed by atoms with van der Waals surface area (Å²) in [4.78, 5) is 10.5. The van der Waals surface area contributed by atoms with Crippen molar-refractivity contribution in [3.63, 3.8) is 0 Å². The first kappa shape index (κ1) is 11.4. The second kappa shape index (κ2) is 4.71. The fraction of sp³-hybridized carbons (Fsp3) is 0.364. The minimum Gasteiger partial charge on any atom is -0.385 e. The molecule has 0 aliphatic heterocycles. The molecule has 1 unspecified atom stereocenters. The van der Waals surface area contributed by atoms with Crippen LogP contribution in [0.25, 0.3) is 0 Å². The quantitative estimate of drug-likeness (QED) is 0.842. The van der Waals surface area contributed by atoms with E-state index in [-0.39, 0.29) is 6.42 Å². The van der Waals surface area contributed by atoms with Crippen molar-refractivity contribution in [2.75, 3.05) is 0 Å². The van der Waals surface area contributed by atoms with E-state index in [0.29, 0.717) is 6.42 Å². The smallest absolute Gasteiger partial charge is 0.123 e. The molecule has 1 atom stereocenters. The molecule has 0 amide bonds. The zero-order chi connectivity index (χ0) is 10.6. The van der Waals surface area contributed by atoms with E-state index in [1.54, 1.807) is 0 Å². The van der Waals surface area contributed by atoms with Gasteiger partial charge < -0.3 is 9.90 Å². The van der Waals surface area contributed by atoms with Crippen molar-refractivity contribution in [3.05, 3.63) is 34.3 Å². The van der Waals surface area contributed by atoms with Crippen LogP contribution in [0.5, 0.6) is 0 Å². The van der Waals surface area contributed by atoms with Crippen LogP contribution in [0.3, 0.4) is 0 Å². The van der Waals surface area contributed by atoms with Crippen molar-refractivity contribution in [1.82, 2.24) is 0 Å². The van der Waals surface area contributed by atoms with Crippen LogP contribution in [0.4, 0.5) is 0 Å². The van der Waals surface area contributed by atoms with Crippen LogP contribution in [0.2, 0.25) is 0 Å². The van der Waals surface area contributed by atoms with Gasteiger partial charge in [0, 0.05) is 10.9 Å². The maximum absolute atomic E-state index is 10.5. The van der Waals surface area contributed by atoms with Crippen molar-refractivity contribution in [3.8, 4) is 0 Å². The number of halogens is 1. The number of carbonyl (C=O) groups excluding carboxylic acids is 1. The number of aliphatic hydroxyl groups is 1. The van der Waals surface area contributed by atoms with E-state index in [2.05, 4.69) is 15.9 Å². The van der Waals surface area contributed by atoms with Gasteiger partial charge >= 0.3 is 0 Å². The van der Waals surface area contributed by atoms with Gasteiger partial charge in [0.1, 0.15) is 6.29 Å². The van der Waals surface area contributed by atoms with Crippen LogP contribution in [-0.2, 0) is 10.4 Å². The van der Waals surface area contributed by atoms with Gasteiger partial charge in [0.15, 0.2) is 0 Å². The molecule has 0 spiro atoms. The highest BCUT2D eigenvalue weighted by molar-refractivity contribution is 9.10. The van der Waals surface area contributed by atoms with Crippen LogP contribution >= 0.6 is 15.9 Å². The Bertz CT molecular complexity index is 325. The van der Waals surface area contributed by atoms with Gasteiger partial charge in [-0.1, -0.05) is 35.0 Å². The van der Waals surface area contributed by atoms with Gasteiger partial charge in [0.25, 0.3) is 0 Å². The molecule has 0 heterocycles. The summed E-state index contributed by atoms with van der Waals surface area (Å²) < 4.78 is 0.910. The Balaban J connectivity index is 3.05. The molecule has 76 valence electrons. The largest absolute Gasteiger partial charge is 0.385 e. The fourth-order valence-electron chi connectivity index (χ4n) is 1.38. The third-order valence-corrected chi connectivity index (χ3v) is 2.86. The van der Waals surface area contributed by atoms with Crippen molar-refractivity contribution < 1.29 is 9.90 Å². The maximum atomic E-state index is 10.5. The van der Waals surface area contributed by atoms with Gasteiger partial charge in [-0.15, -0.1) is 0 Å². The summed E-state index contributed by atoms with van der Waals surface area (Å²) >= 11 is 3.34. The van der Waals surface area contributed by atoms with E-state index in [1.165, 1.54) is 0 Å². The fourth-order valence-corrected chi connectivity index (χ4v) is 1.78. The standard InChI is InChI=1S/C11H13BrO2/c1-2-11(14,6-7-13)9-4-3-5-10(12)8-9/h3-5,7-8,14H,2,6H2,1H3. The summed E-state index contributed by atoms with van der Waals surface area (Å²) in [6.45, 7) is 1.87. The van der Waals surface area contributed by atoms with Gasteiger partial charge in [-0.3, -0.25) is 0 Å². The Kier molecular flexibility index (Phi) is 3.84. The molecule has 0 radical (unpaired) electrons. The highest BCUT2D eigenvalue weighted by Gasteiger charge is 2.26. The number of aldehydes is 1. The highest BCUT2D eigenvalue weighted by Crippen LogP contribution is 2.29. The monoisotopic (exact) mass is 256 g/mol. The van der Waals surface area contributed by atoms with E-state index in [1.807, 2.05) is 31.2 Å². The van der Waals surface area contributed by atoms with Gasteiger partial charge in [0.05, 0.1) is 5.60 Å². The van der Waals surface area contributed by atoms with Crippen LogP contribution in [0.1, 0.15) is 25.3 Å². The number of hydrogen-bond acceptors (Lipinski definition) is 2. The predicted octanol–water partition coefficient (Wildman–Crippen LogP) is 2.64. The number of rotatable bonds is 4. The number of hydrogen-bond donors (Lipinski definition) is 1. The normalized spacial score (nSPS) is 14.8. The molecular weight excluding hydrogens is 244 g/mol. The second-order valence-corrected chi connectivity index (χ2v) is 4.18. The van der Waals surface area contributed by atoms with E-state index in [0.717, 1.165) is 16.3 Å². The van der Waals surface area contributed by atoms with Crippen molar-refractivity contribution in [1.29, 1.82) is 0 Å². The maximum Gasteiger partial charge on any atom is 0.123 e. The third-order valence-electron chi connectivity index (χ3n) is 2.37. The van der Waals surface area contributed by atoms with E-state index < -0.39 is 5.60 Å². The molecule has 0 saturated carbocycles. The summed E-state index contributed by atoms with van der Waals surface area (Å²) in [5.41, 5.74) is -0.243. The average molecular weight is 257 g/mol.